The predicted molar refractivity (Wildman–Crippen MR) is 106 cm³/mol. The number of nitrogens with zero attached hydrogens (tertiary/aromatic N) is 1. The van der Waals surface area contributed by atoms with E-state index in [4.69, 9.17) is 0 Å². The van der Waals surface area contributed by atoms with Crippen LogP contribution in [0, 0.1) is 5.82 Å². The second kappa shape index (κ2) is 7.87. The standard InChI is InChI=1S/C22H19F2N3O2/c23-10-11-25-21(28)18-13-27(22(29)14-5-7-15(24)8-6-14)12-9-17-16-3-1-2-4-19(16)26-20(17)18/h1-8,13,26H,9-12H2,(H,25,28). The molecule has 5 nitrogen and oxygen atoms in total. The number of hydrogen-bond donors (Lipinski definition) is 2. The molecule has 2 aromatic carbocycles. The van der Waals surface area contributed by atoms with E-state index in [1.165, 1.54) is 35.4 Å². The highest BCUT2D eigenvalue weighted by molar-refractivity contribution is 6.21. The molecule has 2 N–H and O–H groups in total. The average molecular weight is 395 g/mol. The SMILES string of the molecule is O=C(NCCF)C1=CN(C(=O)c2ccc(F)cc2)CCc2c1[nH]c1ccccc21. The van der Waals surface area contributed by atoms with Crippen molar-refractivity contribution in [2.24, 2.45) is 0 Å². The molecular formula is C22H19F2N3O2. The lowest BCUT2D eigenvalue weighted by molar-refractivity contribution is -0.115. The van der Waals surface area contributed by atoms with Crippen molar-refractivity contribution in [3.8, 4) is 0 Å². The van der Waals surface area contributed by atoms with Crippen molar-refractivity contribution >= 4 is 28.3 Å². The first-order chi connectivity index (χ1) is 14.1. The van der Waals surface area contributed by atoms with E-state index >= 15 is 0 Å². The summed E-state index contributed by atoms with van der Waals surface area (Å²) in [6.45, 7) is -0.445. The zero-order valence-electron chi connectivity index (χ0n) is 15.5. The van der Waals surface area contributed by atoms with Crippen LogP contribution in [0.5, 0.6) is 0 Å². The van der Waals surface area contributed by atoms with Gasteiger partial charge in [0.05, 0.1) is 11.3 Å². The topological polar surface area (TPSA) is 65.2 Å². The van der Waals surface area contributed by atoms with Crippen molar-refractivity contribution in [3.05, 3.63) is 77.4 Å². The molecule has 1 aliphatic heterocycles. The van der Waals surface area contributed by atoms with Crippen LogP contribution in [0.4, 0.5) is 8.78 Å². The van der Waals surface area contributed by atoms with E-state index in [1.54, 1.807) is 0 Å². The zero-order chi connectivity index (χ0) is 20.4. The third kappa shape index (κ3) is 3.63. The van der Waals surface area contributed by atoms with E-state index in [-0.39, 0.29) is 18.0 Å². The molecule has 1 aliphatic rings. The fourth-order valence-corrected chi connectivity index (χ4v) is 3.55. The highest BCUT2D eigenvalue weighted by atomic mass is 19.1. The Balaban J connectivity index is 1.77. The number of hydrogen-bond acceptors (Lipinski definition) is 2. The number of H-pyrrole nitrogens is 1. The molecule has 1 aromatic heterocycles. The molecule has 0 fully saturated rings. The van der Waals surface area contributed by atoms with Crippen LogP contribution in [0.2, 0.25) is 0 Å². The van der Waals surface area contributed by atoms with Crippen molar-refractivity contribution in [1.82, 2.24) is 15.2 Å². The molecule has 2 heterocycles. The number of carbonyl (C=O) groups is 2. The number of fused-ring (bicyclic) bond motifs is 3. The fourth-order valence-electron chi connectivity index (χ4n) is 3.55. The Morgan fingerprint density at radius 3 is 2.62 bits per heavy atom. The van der Waals surface area contributed by atoms with E-state index in [9.17, 15) is 18.4 Å². The molecule has 0 radical (unpaired) electrons. The van der Waals surface area contributed by atoms with Gasteiger partial charge in [-0.2, -0.15) is 0 Å². The van der Waals surface area contributed by atoms with Gasteiger partial charge in [-0.1, -0.05) is 18.2 Å². The molecule has 0 unspecified atom stereocenters. The molecule has 0 saturated carbocycles. The summed E-state index contributed by atoms with van der Waals surface area (Å²) in [5.74, 6) is -1.23. The smallest absolute Gasteiger partial charge is 0.257 e. The number of amides is 2. The predicted octanol–water partition coefficient (Wildman–Crippen LogP) is 3.43. The van der Waals surface area contributed by atoms with Gasteiger partial charge >= 0.3 is 0 Å². The molecule has 3 aromatic rings. The minimum absolute atomic E-state index is 0.113. The van der Waals surface area contributed by atoms with Gasteiger partial charge in [-0.3, -0.25) is 9.59 Å². The maximum Gasteiger partial charge on any atom is 0.257 e. The number of rotatable bonds is 4. The second-order valence-corrected chi connectivity index (χ2v) is 6.77. The molecule has 0 bridgehead atoms. The van der Waals surface area contributed by atoms with Gasteiger partial charge in [0.25, 0.3) is 11.8 Å². The van der Waals surface area contributed by atoms with Crippen molar-refractivity contribution in [1.29, 1.82) is 0 Å². The Kier molecular flexibility index (Phi) is 5.12. The highest BCUT2D eigenvalue weighted by Crippen LogP contribution is 2.31. The Labute approximate surface area is 166 Å². The van der Waals surface area contributed by atoms with E-state index in [1.807, 2.05) is 24.3 Å². The number of nitrogens with one attached hydrogen (secondary N) is 2. The van der Waals surface area contributed by atoms with Gasteiger partial charge in [0.1, 0.15) is 12.5 Å². The van der Waals surface area contributed by atoms with Gasteiger partial charge in [-0.05, 0) is 42.3 Å². The summed E-state index contributed by atoms with van der Waals surface area (Å²) in [6.07, 6.45) is 2.02. The van der Waals surface area contributed by atoms with Crippen LogP contribution < -0.4 is 5.32 Å². The van der Waals surface area contributed by atoms with Crippen LogP contribution in [0.3, 0.4) is 0 Å². The molecule has 0 spiro atoms. The minimum atomic E-state index is -0.684. The lowest BCUT2D eigenvalue weighted by Gasteiger charge is -2.18. The van der Waals surface area contributed by atoms with Gasteiger partial charge in [0.2, 0.25) is 0 Å². The van der Waals surface area contributed by atoms with Gasteiger partial charge in [-0.15, -0.1) is 0 Å². The summed E-state index contributed by atoms with van der Waals surface area (Å²) >= 11 is 0. The maximum atomic E-state index is 13.2. The number of para-hydroxylation sites is 1. The quantitative estimate of drug-likeness (QED) is 0.711. The van der Waals surface area contributed by atoms with Crippen LogP contribution in [0.15, 0.2) is 54.7 Å². The van der Waals surface area contributed by atoms with Crippen molar-refractivity contribution in [3.63, 3.8) is 0 Å². The normalized spacial score (nSPS) is 13.6. The van der Waals surface area contributed by atoms with Crippen LogP contribution in [0.25, 0.3) is 16.5 Å². The average Bonchev–Trinajstić information content (AvgIpc) is 2.99. The first-order valence-corrected chi connectivity index (χ1v) is 9.31. The van der Waals surface area contributed by atoms with Crippen molar-refractivity contribution in [2.45, 2.75) is 6.42 Å². The van der Waals surface area contributed by atoms with Crippen LogP contribution in [-0.4, -0.2) is 41.5 Å². The molecule has 4 rings (SSSR count). The minimum Gasteiger partial charge on any atom is -0.354 e. The van der Waals surface area contributed by atoms with E-state index in [0.717, 1.165) is 16.5 Å². The van der Waals surface area contributed by atoms with Crippen molar-refractivity contribution in [2.75, 3.05) is 19.8 Å². The first kappa shape index (κ1) is 18.9. The third-order valence-corrected chi connectivity index (χ3v) is 4.95. The van der Waals surface area contributed by atoms with Gasteiger partial charge in [0.15, 0.2) is 0 Å². The largest absolute Gasteiger partial charge is 0.354 e. The molecule has 7 heteroatoms. The van der Waals surface area contributed by atoms with Gasteiger partial charge in [-0.25, -0.2) is 8.78 Å². The van der Waals surface area contributed by atoms with E-state index < -0.39 is 18.4 Å². The highest BCUT2D eigenvalue weighted by Gasteiger charge is 2.26. The number of alkyl halides is 1. The summed E-state index contributed by atoms with van der Waals surface area (Å²) in [4.78, 5) is 30.4. The molecule has 29 heavy (non-hydrogen) atoms. The summed E-state index contributed by atoms with van der Waals surface area (Å²) in [5, 5.41) is 3.51. The van der Waals surface area contributed by atoms with Gasteiger partial charge in [0, 0.05) is 35.8 Å². The van der Waals surface area contributed by atoms with E-state index in [2.05, 4.69) is 10.3 Å². The monoisotopic (exact) mass is 395 g/mol. The molecule has 0 saturated heterocycles. The Bertz CT molecular complexity index is 1100. The van der Waals surface area contributed by atoms with Gasteiger partial charge < -0.3 is 15.2 Å². The second-order valence-electron chi connectivity index (χ2n) is 6.77. The zero-order valence-corrected chi connectivity index (χ0v) is 15.5. The summed E-state index contributed by atoms with van der Waals surface area (Å²) < 4.78 is 25.8. The summed E-state index contributed by atoms with van der Waals surface area (Å²) in [6, 6.07) is 13.0. The third-order valence-electron chi connectivity index (χ3n) is 4.95. The molecule has 0 atom stereocenters. The van der Waals surface area contributed by atoms with E-state index in [0.29, 0.717) is 24.2 Å². The van der Waals surface area contributed by atoms with Crippen LogP contribution >= 0.6 is 0 Å². The number of aromatic nitrogens is 1. The van der Waals surface area contributed by atoms with Crippen LogP contribution in [-0.2, 0) is 11.2 Å². The summed E-state index contributed by atoms with van der Waals surface area (Å²) in [5.41, 5.74) is 3.02. The lowest BCUT2D eigenvalue weighted by atomic mass is 10.0. The maximum absolute atomic E-state index is 13.2. The Hall–Kier alpha value is -3.48. The summed E-state index contributed by atoms with van der Waals surface area (Å²) in [7, 11) is 0. The Morgan fingerprint density at radius 2 is 1.86 bits per heavy atom. The Morgan fingerprint density at radius 1 is 1.10 bits per heavy atom. The first-order valence-electron chi connectivity index (χ1n) is 9.31. The van der Waals surface area contributed by atoms with Crippen LogP contribution in [0.1, 0.15) is 21.6 Å². The number of carbonyl (C=O) groups excluding carboxylic acids is 2. The number of benzene rings is 2. The fraction of sp³-hybridized carbons (Fsp3) is 0.182. The number of halogens is 2. The number of aromatic amines is 1. The lowest BCUT2D eigenvalue weighted by Crippen LogP contribution is -2.30. The molecular weight excluding hydrogens is 376 g/mol. The molecule has 148 valence electrons. The van der Waals surface area contributed by atoms with Crippen molar-refractivity contribution < 1.29 is 18.4 Å². The molecule has 0 aliphatic carbocycles. The molecule has 2 amide bonds.